The third kappa shape index (κ3) is 14.9. The van der Waals surface area contributed by atoms with Crippen molar-refractivity contribution in [3.8, 4) is 0 Å². The average molecular weight is 1020 g/mol. The molecule has 0 aliphatic heterocycles. The second-order valence-electron chi connectivity index (χ2n) is 14.2. The van der Waals surface area contributed by atoms with Gasteiger partial charge in [-0.3, -0.25) is 4.91 Å². The number of hydrogen-bond acceptors (Lipinski definition) is 10. The molecule has 0 heterocycles. The topological polar surface area (TPSA) is 239 Å². The molecule has 2 N–H and O–H groups in total. The molecule has 0 aromatic heterocycles. The van der Waals surface area contributed by atoms with Crippen LogP contribution in [0.1, 0.15) is 71.1 Å². The monoisotopic (exact) mass is 1020 g/mol. The minimum atomic E-state index is -0.374. The first kappa shape index (κ1) is 58.9. The fourth-order valence-corrected chi connectivity index (χ4v) is 7.72. The smallest absolute Gasteiger partial charge is 0.465 e. The maximum Gasteiger partial charge on any atom is 1.00 e. The first-order valence-electron chi connectivity index (χ1n) is 20.6. The molecule has 17 heteroatoms. The Bertz CT molecular complexity index is 3080. The Balaban J connectivity index is 0.000000311. The molecule has 0 saturated heterocycles. The number of ether oxygens (including phenoxy) is 4. The quantitative estimate of drug-likeness (QED) is 0.0289. The molecule has 8 aromatic carbocycles. The minimum absolute atomic E-state index is 0. The van der Waals surface area contributed by atoms with Crippen LogP contribution in [-0.2, 0) is 37.4 Å². The van der Waals surface area contributed by atoms with Crippen LogP contribution in [0.3, 0.4) is 0 Å². The molecule has 0 atom stereocenters. The number of fused-ring (bicyclic) bond motifs is 4. The van der Waals surface area contributed by atoms with Gasteiger partial charge in [-0.05, 0) is 102 Å². The van der Waals surface area contributed by atoms with Crippen molar-refractivity contribution in [3.63, 3.8) is 0 Å². The molecule has 354 valence electrons. The van der Waals surface area contributed by atoms with Gasteiger partial charge in [0.2, 0.25) is 0 Å². The van der Waals surface area contributed by atoms with Crippen LogP contribution in [-0.4, -0.2) is 52.3 Å². The Morgan fingerprint density at radius 1 is 0.486 bits per heavy atom. The van der Waals surface area contributed by atoms with Crippen molar-refractivity contribution in [2.24, 2.45) is 10.8 Å². The molecule has 8 rings (SSSR count). The van der Waals surface area contributed by atoms with E-state index in [-0.39, 0.29) is 67.4 Å². The number of nitrogens with two attached hydrogens (primary N) is 1. The molecule has 8 aromatic rings. The van der Waals surface area contributed by atoms with E-state index in [0.29, 0.717) is 28.8 Å². The summed E-state index contributed by atoms with van der Waals surface area (Å²) in [7, 11) is 5.53. The Morgan fingerprint density at radius 3 is 1.11 bits per heavy atom. The van der Waals surface area contributed by atoms with Crippen molar-refractivity contribution >= 4 is 82.9 Å². The van der Waals surface area contributed by atoms with Crippen LogP contribution >= 0.6 is 15.9 Å². The number of halogens is 1. The number of esters is 4. The fraction of sp³-hybridized carbons (Fsp3) is 0.170. The van der Waals surface area contributed by atoms with Crippen LogP contribution in [0.4, 0.5) is 0 Å². The van der Waals surface area contributed by atoms with Crippen LogP contribution in [0, 0.1) is 6.92 Å². The van der Waals surface area contributed by atoms with Crippen molar-refractivity contribution < 1.29 is 67.7 Å². The van der Waals surface area contributed by atoms with Gasteiger partial charge >= 0.3 is 53.4 Å². The van der Waals surface area contributed by atoms with Gasteiger partial charge in [0.25, 0.3) is 0 Å². The van der Waals surface area contributed by atoms with Gasteiger partial charge in [0.15, 0.2) is 0 Å². The van der Waals surface area contributed by atoms with Gasteiger partial charge < -0.3 is 35.7 Å². The zero-order chi connectivity index (χ0) is 49.6. The van der Waals surface area contributed by atoms with Crippen LogP contribution in [0.2, 0.25) is 0 Å². The van der Waals surface area contributed by atoms with Crippen LogP contribution in [0.5, 0.6) is 0 Å². The number of alkyl halides is 1. The number of carbonyl (C=O) groups excluding carboxylic acids is 4. The van der Waals surface area contributed by atoms with Gasteiger partial charge in [-0.1, -0.05) is 150 Å². The summed E-state index contributed by atoms with van der Waals surface area (Å²) in [5, 5.41) is 12.0. The summed E-state index contributed by atoms with van der Waals surface area (Å²) in [5.74, 6) is -1.27. The second-order valence-corrected chi connectivity index (χ2v) is 14.8. The standard InChI is InChI=1S/C13H11BrO2.C13H11N3O2.C13H13NO2.C13H12O2.CH4.N3.Na/c1-16-13(15)12-7-6-9(8-14)10-4-2-3-5-11(10)12;1-18-13(17)12-7-6-9(8-15-16-14)10-4-2-3-5-11(10)12;1-16-13(15)12-7-6-9(8-14)10-4-2-3-5-11(10)12;1-9-7-8-12(13(14)15-2)11-6-4-3-5-10(9)11;;1-3-2;/h2-7H,8H2,1H3;2-7H,8H2,1H3;2-7H,8,14H2,1H3;3-8H,1-2H3;1H4;;/q;;;;;-1;+1. The van der Waals surface area contributed by atoms with Crippen molar-refractivity contribution in [1.82, 2.24) is 0 Å². The first-order chi connectivity index (χ1) is 33.0. The largest absolute Gasteiger partial charge is 1.00 e. The molecule has 0 bridgehead atoms. The van der Waals surface area contributed by atoms with Crippen molar-refractivity contribution in [2.45, 2.75) is 32.8 Å². The van der Waals surface area contributed by atoms with Crippen LogP contribution < -0.4 is 35.3 Å². The number of azide groups is 1. The van der Waals surface area contributed by atoms with Gasteiger partial charge in [0.1, 0.15) is 0 Å². The predicted octanol–water partition coefficient (Wildman–Crippen LogP) is 10.5. The molecule has 0 spiro atoms. The summed E-state index contributed by atoms with van der Waals surface area (Å²) in [4.78, 5) is 50.6. The third-order valence-electron chi connectivity index (χ3n) is 10.5. The molecular formula is C53H51BrN7NaO8. The number of rotatable bonds is 8. The summed E-state index contributed by atoms with van der Waals surface area (Å²) < 4.78 is 19.0. The van der Waals surface area contributed by atoms with E-state index in [4.69, 9.17) is 41.3 Å². The second kappa shape index (κ2) is 30.3. The summed E-state index contributed by atoms with van der Waals surface area (Å²) in [6, 6.07) is 45.5. The fourth-order valence-electron chi connectivity index (χ4n) is 7.23. The number of methoxy groups -OCH3 is 4. The minimum Gasteiger partial charge on any atom is -0.465 e. The van der Waals surface area contributed by atoms with Gasteiger partial charge in [-0.25, -0.2) is 19.2 Å². The first-order valence-corrected chi connectivity index (χ1v) is 21.7. The molecule has 0 saturated carbocycles. The predicted molar refractivity (Wildman–Crippen MR) is 276 cm³/mol. The third-order valence-corrected chi connectivity index (χ3v) is 11.1. The van der Waals surface area contributed by atoms with Crippen LogP contribution in [0.15, 0.2) is 151 Å². The van der Waals surface area contributed by atoms with Crippen molar-refractivity contribution in [2.75, 3.05) is 28.4 Å². The van der Waals surface area contributed by atoms with E-state index in [0.717, 1.165) is 59.5 Å². The Hall–Kier alpha value is -7.26. The molecule has 0 aliphatic rings. The maximum atomic E-state index is 11.6. The van der Waals surface area contributed by atoms with Crippen LogP contribution in [0.25, 0.3) is 69.5 Å². The number of benzene rings is 8. The van der Waals surface area contributed by atoms with E-state index in [1.807, 2.05) is 134 Å². The normalized spacial score (nSPS) is 9.59. The number of carbonyl (C=O) groups is 4. The van der Waals surface area contributed by atoms with Gasteiger partial charge in [-0.15, -0.1) is 0 Å². The van der Waals surface area contributed by atoms with Gasteiger partial charge in [0, 0.05) is 16.8 Å². The summed E-state index contributed by atoms with van der Waals surface area (Å²) in [6.07, 6.45) is 0. The number of nitrogens with zero attached hydrogens (tertiary/aromatic N) is 6. The maximum absolute atomic E-state index is 11.6. The SMILES string of the molecule is C.COC(=O)c1ccc(C)c2ccccc12.COC(=O)c1ccc(CBr)c2ccccc12.COC(=O)c1ccc(CN)c2ccccc12.COC(=O)c1ccc(CN=[N+]=[N-])c2ccccc12.[N-]=[N+]=[N-].[Na+]. The Morgan fingerprint density at radius 2 is 0.771 bits per heavy atom. The van der Waals surface area contributed by atoms with E-state index < -0.39 is 0 Å². The average Bonchev–Trinajstić information content (AvgIpc) is 3.39. The molecule has 0 fully saturated rings. The van der Waals surface area contributed by atoms with E-state index in [1.165, 1.54) is 44.5 Å². The zero-order valence-electron chi connectivity index (χ0n) is 38.9. The molecule has 0 amide bonds. The Labute approximate surface area is 436 Å². The van der Waals surface area contributed by atoms with Crippen molar-refractivity contribution in [1.29, 1.82) is 0 Å². The molecule has 0 aliphatic carbocycles. The van der Waals surface area contributed by atoms with Crippen molar-refractivity contribution in [3.05, 3.63) is 217 Å². The van der Waals surface area contributed by atoms with Gasteiger partial charge in [-0.2, -0.15) is 0 Å². The summed E-state index contributed by atoms with van der Waals surface area (Å²) >= 11 is 3.44. The summed E-state index contributed by atoms with van der Waals surface area (Å²) in [6.45, 7) is 2.75. The molecule has 15 nitrogen and oxygen atoms in total. The zero-order valence-corrected chi connectivity index (χ0v) is 42.5. The Kier molecular flexibility index (Phi) is 25.5. The van der Waals surface area contributed by atoms with Gasteiger partial charge in [0.05, 0.1) is 57.2 Å². The molecule has 0 unspecified atom stereocenters. The van der Waals surface area contributed by atoms with E-state index in [1.54, 1.807) is 18.2 Å². The molecule has 70 heavy (non-hydrogen) atoms. The van der Waals surface area contributed by atoms with E-state index in [9.17, 15) is 19.2 Å². The molecule has 0 radical (unpaired) electrons. The van der Waals surface area contributed by atoms with E-state index in [2.05, 4.69) is 26.0 Å². The molecular weight excluding hydrogens is 966 g/mol. The summed E-state index contributed by atoms with van der Waals surface area (Å²) in [5.41, 5.74) is 34.1. The van der Waals surface area contributed by atoms with E-state index >= 15 is 0 Å². The number of aryl methyl sites for hydroxylation is 1. The number of hydrogen-bond donors (Lipinski definition) is 1.